The van der Waals surface area contributed by atoms with Crippen LogP contribution in [0.2, 0.25) is 0 Å². The van der Waals surface area contributed by atoms with Crippen LogP contribution in [0.1, 0.15) is 25.7 Å². The fraction of sp³-hybridized carbons (Fsp3) is 0.636. The highest BCUT2D eigenvalue weighted by Crippen LogP contribution is 2.12. The second-order valence-electron chi connectivity index (χ2n) is 4.92. The van der Waals surface area contributed by atoms with Gasteiger partial charge in [0.2, 0.25) is 10.0 Å². The van der Waals surface area contributed by atoms with Crippen LogP contribution in [0.25, 0.3) is 0 Å². The van der Waals surface area contributed by atoms with Crippen molar-refractivity contribution >= 4 is 10.0 Å². The van der Waals surface area contributed by atoms with Crippen LogP contribution in [0.4, 0.5) is 0 Å². The van der Waals surface area contributed by atoms with E-state index in [9.17, 15) is 13.5 Å². The van der Waals surface area contributed by atoms with Crippen molar-refractivity contribution in [2.75, 3.05) is 19.3 Å². The molecule has 3 N–H and O–H groups in total. The van der Waals surface area contributed by atoms with Crippen LogP contribution in [0.5, 0.6) is 0 Å². The predicted molar refractivity (Wildman–Crippen MR) is 68.6 cm³/mol. The van der Waals surface area contributed by atoms with Crippen molar-refractivity contribution in [3.63, 3.8) is 0 Å². The van der Waals surface area contributed by atoms with Crippen LogP contribution >= 0.6 is 0 Å². The van der Waals surface area contributed by atoms with Gasteiger partial charge in [-0.2, -0.15) is 0 Å². The smallest absolute Gasteiger partial charge is 0.209 e. The molecule has 6 nitrogen and oxygen atoms in total. The summed E-state index contributed by atoms with van der Waals surface area (Å²) in [5.74, 6) is 0.483. The normalized spacial score (nSPS) is 14.7. The van der Waals surface area contributed by atoms with Gasteiger partial charge in [-0.05, 0) is 26.0 Å². The fourth-order valence-corrected chi connectivity index (χ4v) is 2.72. The quantitative estimate of drug-likeness (QED) is 0.663. The topological polar surface area (TPSA) is 91.6 Å². The van der Waals surface area contributed by atoms with E-state index >= 15 is 0 Å². The molecule has 7 heteroatoms. The lowest BCUT2D eigenvalue weighted by molar-refractivity contribution is 0.145. The second-order valence-corrected chi connectivity index (χ2v) is 6.67. The molecule has 1 unspecified atom stereocenters. The van der Waals surface area contributed by atoms with Gasteiger partial charge in [-0.15, -0.1) is 0 Å². The maximum absolute atomic E-state index is 11.1. The molecule has 1 rings (SSSR count). The van der Waals surface area contributed by atoms with Gasteiger partial charge >= 0.3 is 0 Å². The van der Waals surface area contributed by atoms with E-state index in [0.717, 1.165) is 6.26 Å². The lowest BCUT2D eigenvalue weighted by Crippen LogP contribution is -2.50. The Hall–Kier alpha value is -0.890. The molecule has 0 spiro atoms. The van der Waals surface area contributed by atoms with Gasteiger partial charge in [0.15, 0.2) is 0 Å². The Labute approximate surface area is 107 Å². The monoisotopic (exact) mass is 276 g/mol. The number of furan rings is 1. The average Bonchev–Trinajstić information content (AvgIpc) is 2.65. The van der Waals surface area contributed by atoms with Gasteiger partial charge in [-0.3, -0.25) is 0 Å². The second kappa shape index (κ2) is 5.83. The number of aliphatic hydroxyl groups excluding tert-OH is 1. The molecule has 0 amide bonds. The lowest BCUT2D eigenvalue weighted by Gasteiger charge is -2.25. The summed E-state index contributed by atoms with van der Waals surface area (Å²) in [7, 11) is -3.25. The molecule has 1 atom stereocenters. The molecule has 0 aliphatic carbocycles. The number of aliphatic hydroxyl groups is 1. The minimum Gasteiger partial charge on any atom is -0.467 e. The van der Waals surface area contributed by atoms with Crippen molar-refractivity contribution < 1.29 is 17.9 Å². The van der Waals surface area contributed by atoms with E-state index < -0.39 is 21.7 Å². The summed E-state index contributed by atoms with van der Waals surface area (Å²) in [6, 6.07) is 3.39. The van der Waals surface area contributed by atoms with E-state index in [2.05, 4.69) is 10.0 Å². The summed E-state index contributed by atoms with van der Waals surface area (Å²) in [5, 5.41) is 12.7. The van der Waals surface area contributed by atoms with Crippen molar-refractivity contribution in [2.24, 2.45) is 0 Å². The molecule has 1 aromatic heterocycles. The van der Waals surface area contributed by atoms with E-state index in [0.29, 0.717) is 18.8 Å². The number of hydrogen-bond acceptors (Lipinski definition) is 5. The Morgan fingerprint density at radius 2 is 2.17 bits per heavy atom. The highest BCUT2D eigenvalue weighted by Gasteiger charge is 2.22. The summed E-state index contributed by atoms with van der Waals surface area (Å²) >= 11 is 0. The molecule has 0 aromatic carbocycles. The molecule has 0 aliphatic rings. The molecular weight excluding hydrogens is 256 g/mol. The van der Waals surface area contributed by atoms with Crippen molar-refractivity contribution in [1.82, 2.24) is 10.0 Å². The number of nitrogens with one attached hydrogen (secondary N) is 2. The number of sulfonamides is 1. The lowest BCUT2D eigenvalue weighted by atomic mass is 10.1. The summed E-state index contributed by atoms with van der Waals surface area (Å²) in [6.07, 6.45) is 1.87. The minimum atomic E-state index is -3.25. The third-order valence-electron chi connectivity index (χ3n) is 2.24. The molecule has 0 saturated carbocycles. The van der Waals surface area contributed by atoms with Gasteiger partial charge < -0.3 is 14.8 Å². The van der Waals surface area contributed by atoms with Gasteiger partial charge in [0, 0.05) is 18.6 Å². The van der Waals surface area contributed by atoms with Crippen LogP contribution in [-0.2, 0) is 10.0 Å². The van der Waals surface area contributed by atoms with Crippen LogP contribution in [0.15, 0.2) is 22.8 Å². The first kappa shape index (κ1) is 15.2. The molecule has 1 aromatic rings. The Kier molecular flexibility index (Phi) is 4.92. The standard InChI is InChI=1S/C11H20N2O4S/c1-11(2,13-18(3,15)16)8-12-7-9(14)10-5-4-6-17-10/h4-6,9,12-14H,7-8H2,1-3H3. The van der Waals surface area contributed by atoms with E-state index in [4.69, 9.17) is 4.42 Å². The van der Waals surface area contributed by atoms with Crippen LogP contribution < -0.4 is 10.0 Å². The molecule has 0 aliphatic heterocycles. The minimum absolute atomic E-state index is 0.294. The third-order valence-corrected chi connectivity index (χ3v) is 3.16. The Bertz CT molecular complexity index is 453. The van der Waals surface area contributed by atoms with E-state index in [1.165, 1.54) is 6.26 Å². The van der Waals surface area contributed by atoms with E-state index in [-0.39, 0.29) is 0 Å². The SMILES string of the molecule is CC(C)(CNCC(O)c1ccco1)NS(C)(=O)=O. The van der Waals surface area contributed by atoms with Crippen molar-refractivity contribution in [3.05, 3.63) is 24.2 Å². The molecule has 1 heterocycles. The Morgan fingerprint density at radius 1 is 1.50 bits per heavy atom. The van der Waals surface area contributed by atoms with Crippen molar-refractivity contribution in [2.45, 2.75) is 25.5 Å². The van der Waals surface area contributed by atoms with Gasteiger partial charge in [-0.1, -0.05) is 0 Å². The van der Waals surface area contributed by atoms with Crippen LogP contribution in [0, 0.1) is 0 Å². The number of rotatable bonds is 7. The first-order chi connectivity index (χ1) is 8.20. The highest BCUT2D eigenvalue weighted by atomic mass is 32.2. The zero-order valence-electron chi connectivity index (χ0n) is 10.8. The molecule has 0 bridgehead atoms. The maximum Gasteiger partial charge on any atom is 0.209 e. The predicted octanol–water partition coefficient (Wildman–Crippen LogP) is 0.230. The van der Waals surface area contributed by atoms with Gasteiger partial charge in [0.1, 0.15) is 11.9 Å². The first-order valence-electron chi connectivity index (χ1n) is 5.61. The zero-order chi connectivity index (χ0) is 13.8. The van der Waals surface area contributed by atoms with Gasteiger partial charge in [0.25, 0.3) is 0 Å². The molecule has 104 valence electrons. The van der Waals surface area contributed by atoms with Crippen LogP contribution in [0.3, 0.4) is 0 Å². The first-order valence-corrected chi connectivity index (χ1v) is 7.50. The Balaban J connectivity index is 2.37. The average molecular weight is 276 g/mol. The third kappa shape index (κ3) is 5.63. The largest absolute Gasteiger partial charge is 0.467 e. The maximum atomic E-state index is 11.1. The zero-order valence-corrected chi connectivity index (χ0v) is 11.6. The molecular formula is C11H20N2O4S. The fourth-order valence-electron chi connectivity index (χ4n) is 1.64. The molecule has 0 radical (unpaired) electrons. The van der Waals surface area contributed by atoms with Crippen LogP contribution in [-0.4, -0.2) is 38.4 Å². The van der Waals surface area contributed by atoms with E-state index in [1.54, 1.807) is 26.0 Å². The van der Waals surface area contributed by atoms with Gasteiger partial charge in [0.05, 0.1) is 12.5 Å². The molecule has 0 saturated heterocycles. The van der Waals surface area contributed by atoms with E-state index in [1.807, 2.05) is 0 Å². The molecule has 18 heavy (non-hydrogen) atoms. The summed E-state index contributed by atoms with van der Waals surface area (Å²) in [6.45, 7) is 4.22. The summed E-state index contributed by atoms with van der Waals surface area (Å²) in [5.41, 5.74) is -0.615. The summed E-state index contributed by atoms with van der Waals surface area (Å²) in [4.78, 5) is 0. The summed E-state index contributed by atoms with van der Waals surface area (Å²) < 4.78 is 29.8. The van der Waals surface area contributed by atoms with Gasteiger partial charge in [-0.25, -0.2) is 13.1 Å². The number of hydrogen-bond donors (Lipinski definition) is 3. The highest BCUT2D eigenvalue weighted by molar-refractivity contribution is 7.88. The van der Waals surface area contributed by atoms with Crippen molar-refractivity contribution in [3.8, 4) is 0 Å². The molecule has 0 fully saturated rings. The van der Waals surface area contributed by atoms with Crippen molar-refractivity contribution in [1.29, 1.82) is 0 Å². The Morgan fingerprint density at radius 3 is 2.67 bits per heavy atom.